The summed E-state index contributed by atoms with van der Waals surface area (Å²) in [7, 11) is 1.42. The highest BCUT2D eigenvalue weighted by Gasteiger charge is 2.32. The molecule has 0 amide bonds. The third-order valence-electron chi connectivity index (χ3n) is 4.89. The van der Waals surface area contributed by atoms with E-state index in [2.05, 4.69) is 5.32 Å². The van der Waals surface area contributed by atoms with Crippen LogP contribution in [0.3, 0.4) is 0 Å². The molecule has 2 fully saturated rings. The van der Waals surface area contributed by atoms with Crippen LogP contribution in [0.4, 0.5) is 0 Å². The summed E-state index contributed by atoms with van der Waals surface area (Å²) >= 11 is 6.21. The number of carbonyl (C=O) groups is 1. The molecule has 4 nitrogen and oxygen atoms in total. The SMILES string of the molecule is COC(=O)[C@@H]1C[C@H](Oc2ccc(Cl)cc2C2CCCCC2)CN1. The Labute approximate surface area is 142 Å². The Kier molecular flexibility index (Phi) is 5.44. The first-order valence-electron chi connectivity index (χ1n) is 8.44. The van der Waals surface area contributed by atoms with Crippen LogP contribution in [0.5, 0.6) is 5.75 Å². The molecule has 1 heterocycles. The van der Waals surface area contributed by atoms with Crippen LogP contribution in [-0.2, 0) is 9.53 Å². The number of rotatable bonds is 4. The molecule has 1 aromatic carbocycles. The van der Waals surface area contributed by atoms with Crippen LogP contribution in [-0.4, -0.2) is 31.8 Å². The largest absolute Gasteiger partial charge is 0.489 e. The molecule has 1 aliphatic carbocycles. The lowest BCUT2D eigenvalue weighted by atomic mass is 9.83. The van der Waals surface area contributed by atoms with Crippen LogP contribution in [0.2, 0.25) is 5.02 Å². The molecule has 126 valence electrons. The zero-order valence-corrected chi connectivity index (χ0v) is 14.3. The smallest absolute Gasteiger partial charge is 0.323 e. The van der Waals surface area contributed by atoms with Crippen molar-refractivity contribution in [2.45, 2.75) is 56.6 Å². The first-order chi connectivity index (χ1) is 11.2. The van der Waals surface area contributed by atoms with E-state index >= 15 is 0 Å². The van der Waals surface area contributed by atoms with E-state index in [1.807, 2.05) is 18.2 Å². The van der Waals surface area contributed by atoms with Gasteiger partial charge in [0.25, 0.3) is 0 Å². The molecule has 0 aromatic heterocycles. The molecule has 2 atom stereocenters. The average Bonchev–Trinajstić information content (AvgIpc) is 3.05. The lowest BCUT2D eigenvalue weighted by molar-refractivity contribution is -0.142. The monoisotopic (exact) mass is 337 g/mol. The standard InChI is InChI=1S/C18H24ClNO3/c1-22-18(21)16-10-14(11-20-16)23-17-8-7-13(19)9-15(17)12-5-3-2-4-6-12/h7-9,12,14,16,20H,2-6,10-11H2,1H3/t14-,16-/m0/s1. The second-order valence-corrected chi connectivity index (χ2v) is 6.91. The third-order valence-corrected chi connectivity index (χ3v) is 5.12. The predicted molar refractivity (Wildman–Crippen MR) is 90.1 cm³/mol. The van der Waals surface area contributed by atoms with Crippen molar-refractivity contribution in [1.29, 1.82) is 0 Å². The molecule has 0 bridgehead atoms. The zero-order chi connectivity index (χ0) is 16.2. The fraction of sp³-hybridized carbons (Fsp3) is 0.611. The molecule has 1 saturated heterocycles. The summed E-state index contributed by atoms with van der Waals surface area (Å²) in [5, 5.41) is 3.92. The Morgan fingerprint density at radius 1 is 1.26 bits per heavy atom. The van der Waals surface area contributed by atoms with Gasteiger partial charge in [0.15, 0.2) is 0 Å². The highest BCUT2D eigenvalue weighted by molar-refractivity contribution is 6.30. The van der Waals surface area contributed by atoms with Crippen molar-refractivity contribution in [1.82, 2.24) is 5.32 Å². The van der Waals surface area contributed by atoms with E-state index < -0.39 is 0 Å². The lowest BCUT2D eigenvalue weighted by Gasteiger charge is -2.25. The number of hydrogen-bond donors (Lipinski definition) is 1. The summed E-state index contributed by atoms with van der Waals surface area (Å²) in [5.74, 6) is 1.22. The van der Waals surface area contributed by atoms with Gasteiger partial charge in [0, 0.05) is 18.0 Å². The molecule has 0 radical (unpaired) electrons. The maximum Gasteiger partial charge on any atom is 0.323 e. The minimum absolute atomic E-state index is 0.0115. The van der Waals surface area contributed by atoms with Crippen LogP contribution in [0, 0.1) is 0 Å². The molecule has 1 aromatic rings. The number of esters is 1. The van der Waals surface area contributed by atoms with E-state index in [4.69, 9.17) is 21.1 Å². The summed E-state index contributed by atoms with van der Waals surface area (Å²) in [5.41, 5.74) is 1.22. The van der Waals surface area contributed by atoms with Gasteiger partial charge in [-0.05, 0) is 42.5 Å². The second kappa shape index (κ2) is 7.54. The van der Waals surface area contributed by atoms with E-state index in [1.54, 1.807) is 0 Å². The fourth-order valence-corrected chi connectivity index (χ4v) is 3.83. The Hall–Kier alpha value is -1.26. The van der Waals surface area contributed by atoms with Crippen molar-refractivity contribution >= 4 is 17.6 Å². The minimum atomic E-state index is -0.268. The molecule has 2 aliphatic rings. The van der Waals surface area contributed by atoms with Gasteiger partial charge in [-0.2, -0.15) is 0 Å². The Morgan fingerprint density at radius 3 is 2.78 bits per heavy atom. The van der Waals surface area contributed by atoms with Crippen molar-refractivity contribution in [3.05, 3.63) is 28.8 Å². The fourth-order valence-electron chi connectivity index (χ4n) is 3.65. The molecular formula is C18H24ClNO3. The molecule has 1 N–H and O–H groups in total. The maximum absolute atomic E-state index is 11.6. The topological polar surface area (TPSA) is 47.6 Å². The van der Waals surface area contributed by atoms with Crippen LogP contribution in [0.25, 0.3) is 0 Å². The zero-order valence-electron chi connectivity index (χ0n) is 13.5. The van der Waals surface area contributed by atoms with Crippen LogP contribution < -0.4 is 10.1 Å². The predicted octanol–water partition coefficient (Wildman–Crippen LogP) is 3.67. The van der Waals surface area contributed by atoms with Crippen molar-refractivity contribution in [3.63, 3.8) is 0 Å². The Morgan fingerprint density at radius 2 is 2.04 bits per heavy atom. The number of benzene rings is 1. The first kappa shape index (κ1) is 16.6. The number of carbonyl (C=O) groups excluding carboxylic acids is 1. The van der Waals surface area contributed by atoms with E-state index in [-0.39, 0.29) is 18.1 Å². The van der Waals surface area contributed by atoms with Gasteiger partial charge in [0.1, 0.15) is 17.9 Å². The van der Waals surface area contributed by atoms with Gasteiger partial charge in [-0.25, -0.2) is 0 Å². The summed E-state index contributed by atoms with van der Waals surface area (Å²) in [6, 6.07) is 5.63. The molecule has 0 unspecified atom stereocenters. The van der Waals surface area contributed by atoms with Crippen LogP contribution in [0.15, 0.2) is 18.2 Å². The van der Waals surface area contributed by atoms with Crippen LogP contribution in [0.1, 0.15) is 50.0 Å². The number of hydrogen-bond acceptors (Lipinski definition) is 4. The molecule has 3 rings (SSSR count). The minimum Gasteiger partial charge on any atom is -0.489 e. The Balaban J connectivity index is 1.71. The number of ether oxygens (including phenoxy) is 2. The quantitative estimate of drug-likeness (QED) is 0.852. The summed E-state index contributed by atoms with van der Waals surface area (Å²) < 4.78 is 11.0. The van der Waals surface area contributed by atoms with Gasteiger partial charge in [-0.15, -0.1) is 0 Å². The summed E-state index contributed by atoms with van der Waals surface area (Å²) in [6.45, 7) is 0.659. The van der Waals surface area contributed by atoms with Crippen molar-refractivity contribution in [3.8, 4) is 5.75 Å². The van der Waals surface area contributed by atoms with E-state index in [0.717, 1.165) is 10.8 Å². The Bertz CT molecular complexity index is 557. The second-order valence-electron chi connectivity index (χ2n) is 6.48. The summed E-state index contributed by atoms with van der Waals surface area (Å²) in [4.78, 5) is 11.6. The van der Waals surface area contributed by atoms with Crippen molar-refractivity contribution in [2.75, 3.05) is 13.7 Å². The van der Waals surface area contributed by atoms with Gasteiger partial charge in [0.05, 0.1) is 7.11 Å². The number of halogens is 1. The van der Waals surface area contributed by atoms with Gasteiger partial charge in [-0.3, -0.25) is 4.79 Å². The van der Waals surface area contributed by atoms with Gasteiger partial charge >= 0.3 is 5.97 Å². The molecule has 23 heavy (non-hydrogen) atoms. The van der Waals surface area contributed by atoms with Gasteiger partial charge in [-0.1, -0.05) is 30.9 Å². The highest BCUT2D eigenvalue weighted by atomic mass is 35.5. The normalized spacial score (nSPS) is 25.3. The highest BCUT2D eigenvalue weighted by Crippen LogP contribution is 2.39. The van der Waals surface area contributed by atoms with Crippen molar-refractivity contribution < 1.29 is 14.3 Å². The van der Waals surface area contributed by atoms with Crippen molar-refractivity contribution in [2.24, 2.45) is 0 Å². The lowest BCUT2D eigenvalue weighted by Crippen LogP contribution is -2.31. The van der Waals surface area contributed by atoms with Gasteiger partial charge < -0.3 is 14.8 Å². The van der Waals surface area contributed by atoms with E-state index in [9.17, 15) is 4.79 Å². The molecule has 5 heteroatoms. The summed E-state index contributed by atoms with van der Waals surface area (Å²) in [6.07, 6.45) is 6.88. The molecule has 0 spiro atoms. The average molecular weight is 338 g/mol. The number of nitrogens with one attached hydrogen (secondary N) is 1. The van der Waals surface area contributed by atoms with Gasteiger partial charge in [0.2, 0.25) is 0 Å². The molecule has 1 saturated carbocycles. The number of methoxy groups -OCH3 is 1. The van der Waals surface area contributed by atoms with E-state index in [1.165, 1.54) is 44.8 Å². The molecular weight excluding hydrogens is 314 g/mol. The molecule has 1 aliphatic heterocycles. The maximum atomic E-state index is 11.6. The first-order valence-corrected chi connectivity index (χ1v) is 8.82. The van der Waals surface area contributed by atoms with E-state index in [0.29, 0.717) is 18.9 Å². The van der Waals surface area contributed by atoms with Crippen LogP contribution >= 0.6 is 11.6 Å². The third kappa shape index (κ3) is 3.99.